The quantitative estimate of drug-likeness (QED) is 0.697. The van der Waals surface area contributed by atoms with Crippen LogP contribution >= 0.6 is 23.2 Å². The average Bonchev–Trinajstić information content (AvgIpc) is 2.92. The Bertz CT molecular complexity index is 995. The van der Waals surface area contributed by atoms with Gasteiger partial charge in [-0.15, -0.1) is 0 Å². The summed E-state index contributed by atoms with van der Waals surface area (Å²) in [6, 6.07) is 9.77. The third-order valence-corrected chi connectivity index (χ3v) is 4.37. The van der Waals surface area contributed by atoms with Gasteiger partial charge in [0.25, 0.3) is 11.8 Å². The second kappa shape index (κ2) is 6.78. The lowest BCUT2D eigenvalue weighted by Gasteiger charge is -2.08. The summed E-state index contributed by atoms with van der Waals surface area (Å²) < 4.78 is 5.63. The molecule has 1 heterocycles. The van der Waals surface area contributed by atoms with E-state index >= 15 is 0 Å². The maximum atomic E-state index is 12.6. The Labute approximate surface area is 153 Å². The minimum Gasteiger partial charge on any atom is -0.451 e. The van der Waals surface area contributed by atoms with Gasteiger partial charge in [0.05, 0.1) is 10.7 Å². The highest BCUT2D eigenvalue weighted by Gasteiger charge is 2.19. The van der Waals surface area contributed by atoms with Crippen LogP contribution in [0.3, 0.4) is 0 Å². The Morgan fingerprint density at radius 3 is 2.52 bits per heavy atom. The summed E-state index contributed by atoms with van der Waals surface area (Å²) in [6.45, 7) is 1.78. The molecule has 1 aromatic heterocycles. The Morgan fingerprint density at radius 1 is 1.04 bits per heavy atom. The van der Waals surface area contributed by atoms with Gasteiger partial charge in [-0.05, 0) is 43.3 Å². The summed E-state index contributed by atoms with van der Waals surface area (Å²) >= 11 is 12.1. The zero-order valence-corrected chi connectivity index (χ0v) is 15.0. The molecule has 2 N–H and O–H groups in total. The van der Waals surface area contributed by atoms with Gasteiger partial charge in [-0.25, -0.2) is 0 Å². The normalized spacial score (nSPS) is 10.7. The lowest BCUT2D eigenvalue weighted by atomic mass is 10.1. The zero-order chi connectivity index (χ0) is 18.1. The van der Waals surface area contributed by atoms with E-state index in [2.05, 4.69) is 10.6 Å². The number of nitrogens with one attached hydrogen (secondary N) is 2. The largest absolute Gasteiger partial charge is 0.451 e. The van der Waals surface area contributed by atoms with Crippen LogP contribution in [0.1, 0.15) is 26.5 Å². The molecule has 2 aromatic carbocycles. The van der Waals surface area contributed by atoms with Crippen LogP contribution in [0, 0.1) is 6.92 Å². The van der Waals surface area contributed by atoms with Crippen LogP contribution in [-0.2, 0) is 0 Å². The topological polar surface area (TPSA) is 71.3 Å². The molecule has 0 aliphatic carbocycles. The first-order valence-corrected chi connectivity index (χ1v) is 8.18. The first-order chi connectivity index (χ1) is 11.9. The van der Waals surface area contributed by atoms with Crippen molar-refractivity contribution in [2.45, 2.75) is 6.92 Å². The van der Waals surface area contributed by atoms with Crippen LogP contribution in [0.25, 0.3) is 11.0 Å². The third kappa shape index (κ3) is 3.34. The SMILES string of the molecule is CNC(=O)c1ccc(Cl)c(NC(=O)c2oc3ccc(Cl)cc3c2C)c1. The van der Waals surface area contributed by atoms with Crippen molar-refractivity contribution in [3.05, 3.63) is 63.3 Å². The van der Waals surface area contributed by atoms with Crippen molar-refractivity contribution in [3.63, 3.8) is 0 Å². The molecule has 5 nitrogen and oxygen atoms in total. The molecule has 25 heavy (non-hydrogen) atoms. The van der Waals surface area contributed by atoms with Crippen molar-refractivity contribution >= 4 is 51.7 Å². The maximum Gasteiger partial charge on any atom is 0.291 e. The number of carbonyl (C=O) groups excluding carboxylic acids is 2. The summed E-state index contributed by atoms with van der Waals surface area (Å²) in [5.74, 6) is -0.568. The van der Waals surface area contributed by atoms with E-state index in [-0.39, 0.29) is 11.7 Å². The first-order valence-electron chi connectivity index (χ1n) is 7.42. The Kier molecular flexibility index (Phi) is 4.70. The Morgan fingerprint density at radius 2 is 1.80 bits per heavy atom. The highest BCUT2D eigenvalue weighted by molar-refractivity contribution is 6.34. The van der Waals surface area contributed by atoms with Crippen molar-refractivity contribution in [1.29, 1.82) is 0 Å². The van der Waals surface area contributed by atoms with E-state index in [4.69, 9.17) is 27.6 Å². The predicted octanol–water partition coefficient (Wildman–Crippen LogP) is 4.66. The predicted molar refractivity (Wildman–Crippen MR) is 98.8 cm³/mol. The fraction of sp³-hybridized carbons (Fsp3) is 0.111. The Hall–Kier alpha value is -2.50. The van der Waals surface area contributed by atoms with Crippen LogP contribution in [-0.4, -0.2) is 18.9 Å². The van der Waals surface area contributed by atoms with Crippen molar-refractivity contribution in [3.8, 4) is 0 Å². The molecule has 0 unspecified atom stereocenters. The lowest BCUT2D eigenvalue weighted by molar-refractivity contribution is 0.0960. The molecular weight excluding hydrogens is 363 g/mol. The second-order valence-electron chi connectivity index (χ2n) is 5.42. The van der Waals surface area contributed by atoms with Gasteiger partial charge in [-0.2, -0.15) is 0 Å². The molecule has 0 saturated heterocycles. The van der Waals surface area contributed by atoms with E-state index in [0.717, 1.165) is 5.39 Å². The van der Waals surface area contributed by atoms with Gasteiger partial charge in [0, 0.05) is 28.6 Å². The van der Waals surface area contributed by atoms with E-state index < -0.39 is 5.91 Å². The number of amides is 2. The van der Waals surface area contributed by atoms with E-state index in [0.29, 0.717) is 32.4 Å². The van der Waals surface area contributed by atoms with Crippen molar-refractivity contribution in [1.82, 2.24) is 5.32 Å². The second-order valence-corrected chi connectivity index (χ2v) is 6.27. The van der Waals surface area contributed by atoms with Gasteiger partial charge in [-0.1, -0.05) is 23.2 Å². The fourth-order valence-electron chi connectivity index (χ4n) is 2.50. The monoisotopic (exact) mass is 376 g/mol. The van der Waals surface area contributed by atoms with Gasteiger partial charge in [0.15, 0.2) is 5.76 Å². The highest BCUT2D eigenvalue weighted by atomic mass is 35.5. The van der Waals surface area contributed by atoms with Crippen LogP contribution in [0.15, 0.2) is 40.8 Å². The number of hydrogen-bond acceptors (Lipinski definition) is 3. The summed E-state index contributed by atoms with van der Waals surface area (Å²) in [5, 5.41) is 6.85. The number of fused-ring (bicyclic) bond motifs is 1. The summed E-state index contributed by atoms with van der Waals surface area (Å²) in [6.07, 6.45) is 0. The molecule has 0 bridgehead atoms. The summed E-state index contributed by atoms with van der Waals surface area (Å²) in [7, 11) is 1.53. The molecule has 0 saturated carbocycles. The van der Waals surface area contributed by atoms with Gasteiger partial charge in [0.2, 0.25) is 0 Å². The molecule has 0 aliphatic heterocycles. The smallest absolute Gasteiger partial charge is 0.291 e. The number of aryl methyl sites for hydroxylation is 1. The highest BCUT2D eigenvalue weighted by Crippen LogP contribution is 2.29. The van der Waals surface area contributed by atoms with E-state index in [1.54, 1.807) is 37.3 Å². The molecule has 0 radical (unpaired) electrons. The molecule has 0 fully saturated rings. The maximum absolute atomic E-state index is 12.6. The van der Waals surface area contributed by atoms with E-state index in [1.165, 1.54) is 13.1 Å². The van der Waals surface area contributed by atoms with Crippen molar-refractivity contribution in [2.75, 3.05) is 12.4 Å². The number of benzene rings is 2. The number of carbonyl (C=O) groups is 2. The molecular formula is C18H14Cl2N2O3. The molecule has 0 spiro atoms. The number of furan rings is 1. The third-order valence-electron chi connectivity index (χ3n) is 3.81. The van der Waals surface area contributed by atoms with Crippen LogP contribution in [0.4, 0.5) is 5.69 Å². The molecule has 0 atom stereocenters. The zero-order valence-electron chi connectivity index (χ0n) is 13.4. The molecule has 7 heteroatoms. The minimum atomic E-state index is -0.458. The first kappa shape index (κ1) is 17.3. The fourth-order valence-corrected chi connectivity index (χ4v) is 2.83. The average molecular weight is 377 g/mol. The van der Waals surface area contributed by atoms with Gasteiger partial charge in [-0.3, -0.25) is 9.59 Å². The van der Waals surface area contributed by atoms with Gasteiger partial charge < -0.3 is 15.1 Å². The van der Waals surface area contributed by atoms with Crippen LogP contribution in [0.5, 0.6) is 0 Å². The molecule has 128 valence electrons. The standard InChI is InChI=1S/C18H14Cl2N2O3/c1-9-12-8-11(19)4-6-15(12)25-16(9)18(24)22-14-7-10(17(23)21-2)3-5-13(14)20/h3-8H,1-2H3,(H,21,23)(H,22,24). The number of anilines is 1. The van der Waals surface area contributed by atoms with Gasteiger partial charge >= 0.3 is 0 Å². The van der Waals surface area contributed by atoms with Crippen molar-refractivity contribution < 1.29 is 14.0 Å². The molecule has 3 aromatic rings. The molecule has 3 rings (SSSR count). The number of rotatable bonds is 3. The van der Waals surface area contributed by atoms with Crippen LogP contribution < -0.4 is 10.6 Å². The molecule has 2 amide bonds. The minimum absolute atomic E-state index is 0.165. The lowest BCUT2D eigenvalue weighted by Crippen LogP contribution is -2.18. The summed E-state index contributed by atoms with van der Waals surface area (Å²) in [4.78, 5) is 24.3. The summed E-state index contributed by atoms with van der Waals surface area (Å²) in [5.41, 5.74) is 1.95. The van der Waals surface area contributed by atoms with Crippen LogP contribution in [0.2, 0.25) is 10.0 Å². The number of hydrogen-bond donors (Lipinski definition) is 2. The molecule has 0 aliphatic rings. The van der Waals surface area contributed by atoms with E-state index in [9.17, 15) is 9.59 Å². The van der Waals surface area contributed by atoms with Gasteiger partial charge in [0.1, 0.15) is 5.58 Å². The van der Waals surface area contributed by atoms with E-state index in [1.807, 2.05) is 0 Å². The van der Waals surface area contributed by atoms with Crippen molar-refractivity contribution in [2.24, 2.45) is 0 Å². The Balaban J connectivity index is 1.95. The number of halogens is 2.